The predicted molar refractivity (Wildman–Crippen MR) is 142 cm³/mol. The number of nitrogens with zero attached hydrogens (tertiary/aromatic N) is 1. The van der Waals surface area contributed by atoms with Crippen LogP contribution in [-0.4, -0.2) is 27.6 Å². The standard InChI is InChI=1S/C27H24N2O3S2/c1-18-12-13-22(14-19(18)2)28-25(30)17-32-23-11-7-6-10-21(23)15-24-26(31)29(27(33)34-24)16-20-8-4-3-5-9-20/h3-15H,16-17H2,1-2H3,(H,28,30)/b24-15-. The van der Waals surface area contributed by atoms with Gasteiger partial charge < -0.3 is 10.1 Å². The molecule has 2 amide bonds. The van der Waals surface area contributed by atoms with Gasteiger partial charge in [0.15, 0.2) is 6.61 Å². The van der Waals surface area contributed by atoms with E-state index < -0.39 is 0 Å². The Balaban J connectivity index is 1.43. The second-order valence-electron chi connectivity index (χ2n) is 7.93. The maximum absolute atomic E-state index is 13.0. The number of ether oxygens (including phenoxy) is 1. The quantitative estimate of drug-likeness (QED) is 0.340. The summed E-state index contributed by atoms with van der Waals surface area (Å²) in [7, 11) is 0. The number of rotatable bonds is 7. The molecule has 4 rings (SSSR count). The summed E-state index contributed by atoms with van der Waals surface area (Å²) in [4.78, 5) is 27.5. The van der Waals surface area contributed by atoms with Gasteiger partial charge in [-0.2, -0.15) is 0 Å². The smallest absolute Gasteiger partial charge is 0.266 e. The molecule has 0 aliphatic carbocycles. The minimum atomic E-state index is -0.257. The first-order chi connectivity index (χ1) is 16.4. The van der Waals surface area contributed by atoms with Crippen LogP contribution in [0.1, 0.15) is 22.3 Å². The topological polar surface area (TPSA) is 58.6 Å². The van der Waals surface area contributed by atoms with Crippen LogP contribution in [0, 0.1) is 13.8 Å². The highest BCUT2D eigenvalue weighted by atomic mass is 32.2. The monoisotopic (exact) mass is 488 g/mol. The predicted octanol–water partition coefficient (Wildman–Crippen LogP) is 5.72. The van der Waals surface area contributed by atoms with Gasteiger partial charge in [-0.15, -0.1) is 0 Å². The molecular formula is C27H24N2O3S2. The number of carbonyl (C=O) groups excluding carboxylic acids is 2. The van der Waals surface area contributed by atoms with Crippen molar-refractivity contribution in [3.05, 3.63) is 100.0 Å². The van der Waals surface area contributed by atoms with Crippen LogP contribution in [0.2, 0.25) is 0 Å². The third-order valence-electron chi connectivity index (χ3n) is 5.41. The SMILES string of the molecule is Cc1ccc(NC(=O)COc2ccccc2/C=C2\SC(=S)N(Cc3ccccc3)C2=O)cc1C. The summed E-state index contributed by atoms with van der Waals surface area (Å²) >= 11 is 6.72. The van der Waals surface area contributed by atoms with Gasteiger partial charge in [-0.1, -0.05) is 78.6 Å². The average Bonchev–Trinajstić information content (AvgIpc) is 3.09. The highest BCUT2D eigenvalue weighted by Gasteiger charge is 2.32. The molecule has 0 bridgehead atoms. The molecular weight excluding hydrogens is 464 g/mol. The molecule has 3 aromatic rings. The number of carbonyl (C=O) groups is 2. The molecule has 0 spiro atoms. The van der Waals surface area contributed by atoms with Crippen molar-refractivity contribution in [2.75, 3.05) is 11.9 Å². The van der Waals surface area contributed by atoms with Crippen molar-refractivity contribution in [1.29, 1.82) is 0 Å². The number of aryl methyl sites for hydroxylation is 2. The van der Waals surface area contributed by atoms with E-state index in [2.05, 4.69) is 5.32 Å². The van der Waals surface area contributed by atoms with E-state index in [4.69, 9.17) is 17.0 Å². The molecule has 0 atom stereocenters. The summed E-state index contributed by atoms with van der Waals surface area (Å²) in [5, 5.41) is 2.85. The van der Waals surface area contributed by atoms with Crippen LogP contribution in [-0.2, 0) is 16.1 Å². The molecule has 1 N–H and O–H groups in total. The van der Waals surface area contributed by atoms with E-state index in [1.165, 1.54) is 11.8 Å². The van der Waals surface area contributed by atoms with Crippen molar-refractivity contribution < 1.29 is 14.3 Å². The summed E-state index contributed by atoms with van der Waals surface area (Å²) in [6.45, 7) is 4.31. The Morgan fingerprint density at radius 1 is 1.03 bits per heavy atom. The molecule has 7 heteroatoms. The van der Waals surface area contributed by atoms with E-state index >= 15 is 0 Å². The minimum Gasteiger partial charge on any atom is -0.483 e. The third-order valence-corrected chi connectivity index (χ3v) is 6.79. The van der Waals surface area contributed by atoms with Crippen LogP contribution in [0.4, 0.5) is 5.69 Å². The molecule has 1 fully saturated rings. The summed E-state index contributed by atoms with van der Waals surface area (Å²) < 4.78 is 6.32. The van der Waals surface area contributed by atoms with Crippen LogP contribution >= 0.6 is 24.0 Å². The van der Waals surface area contributed by atoms with Gasteiger partial charge in [-0.25, -0.2) is 0 Å². The van der Waals surface area contributed by atoms with Gasteiger partial charge in [0.25, 0.3) is 11.8 Å². The minimum absolute atomic E-state index is 0.138. The van der Waals surface area contributed by atoms with E-state index in [1.54, 1.807) is 17.0 Å². The number of hydrogen-bond acceptors (Lipinski definition) is 5. The van der Waals surface area contributed by atoms with E-state index in [1.807, 2.05) is 80.6 Å². The summed E-state index contributed by atoms with van der Waals surface area (Å²) in [5.41, 5.74) is 4.72. The zero-order valence-corrected chi connectivity index (χ0v) is 20.5. The van der Waals surface area contributed by atoms with E-state index in [-0.39, 0.29) is 18.4 Å². The normalized spacial score (nSPS) is 14.5. The molecule has 0 unspecified atom stereocenters. The lowest BCUT2D eigenvalue weighted by Gasteiger charge is -2.14. The van der Waals surface area contributed by atoms with E-state index in [9.17, 15) is 9.59 Å². The fourth-order valence-electron chi connectivity index (χ4n) is 3.43. The second-order valence-corrected chi connectivity index (χ2v) is 9.60. The number of anilines is 1. The number of para-hydroxylation sites is 1. The van der Waals surface area contributed by atoms with Crippen molar-refractivity contribution in [3.8, 4) is 5.75 Å². The Labute approximate surface area is 208 Å². The Morgan fingerprint density at radius 2 is 1.76 bits per heavy atom. The Morgan fingerprint density at radius 3 is 2.53 bits per heavy atom. The maximum atomic E-state index is 13.0. The summed E-state index contributed by atoms with van der Waals surface area (Å²) in [6.07, 6.45) is 1.76. The van der Waals surface area contributed by atoms with Crippen LogP contribution < -0.4 is 10.1 Å². The molecule has 1 heterocycles. The molecule has 0 aromatic heterocycles. The molecule has 0 radical (unpaired) electrons. The molecule has 5 nitrogen and oxygen atoms in total. The lowest BCUT2D eigenvalue weighted by Crippen LogP contribution is -2.27. The third kappa shape index (κ3) is 5.73. The zero-order chi connectivity index (χ0) is 24.1. The lowest BCUT2D eigenvalue weighted by atomic mass is 10.1. The summed E-state index contributed by atoms with van der Waals surface area (Å²) in [5.74, 6) is 0.124. The van der Waals surface area contributed by atoms with Crippen molar-refractivity contribution in [2.24, 2.45) is 0 Å². The molecule has 34 heavy (non-hydrogen) atoms. The van der Waals surface area contributed by atoms with Gasteiger partial charge in [0.1, 0.15) is 10.1 Å². The fourth-order valence-corrected chi connectivity index (χ4v) is 4.68. The molecule has 1 aliphatic heterocycles. The van der Waals surface area contributed by atoms with E-state index in [0.717, 1.165) is 22.4 Å². The number of nitrogens with one attached hydrogen (secondary N) is 1. The van der Waals surface area contributed by atoms with Gasteiger partial charge in [0.05, 0.1) is 11.4 Å². The van der Waals surface area contributed by atoms with Crippen LogP contribution in [0.15, 0.2) is 77.7 Å². The van der Waals surface area contributed by atoms with Crippen LogP contribution in [0.25, 0.3) is 6.08 Å². The second kappa shape index (κ2) is 10.7. The van der Waals surface area contributed by atoms with Crippen molar-refractivity contribution in [3.63, 3.8) is 0 Å². The number of hydrogen-bond donors (Lipinski definition) is 1. The van der Waals surface area contributed by atoms with Crippen molar-refractivity contribution in [1.82, 2.24) is 4.90 Å². The lowest BCUT2D eigenvalue weighted by molar-refractivity contribution is -0.122. The Hall–Kier alpha value is -3.42. The van der Waals surface area contributed by atoms with Crippen LogP contribution in [0.5, 0.6) is 5.75 Å². The van der Waals surface area contributed by atoms with E-state index in [0.29, 0.717) is 27.1 Å². The first kappa shape index (κ1) is 23.7. The Bertz CT molecular complexity index is 1270. The van der Waals surface area contributed by atoms with Crippen LogP contribution in [0.3, 0.4) is 0 Å². The van der Waals surface area contributed by atoms with Gasteiger partial charge in [0, 0.05) is 11.3 Å². The summed E-state index contributed by atoms with van der Waals surface area (Å²) in [6, 6.07) is 22.8. The first-order valence-corrected chi connectivity index (χ1v) is 12.0. The highest BCUT2D eigenvalue weighted by Crippen LogP contribution is 2.35. The Kier molecular flexibility index (Phi) is 7.45. The molecule has 0 saturated carbocycles. The number of thiocarbonyl (C=S) groups is 1. The largest absolute Gasteiger partial charge is 0.483 e. The van der Waals surface area contributed by atoms with Gasteiger partial charge >= 0.3 is 0 Å². The molecule has 3 aromatic carbocycles. The maximum Gasteiger partial charge on any atom is 0.266 e. The number of thioether (sulfide) groups is 1. The first-order valence-electron chi connectivity index (χ1n) is 10.8. The molecule has 172 valence electrons. The number of amides is 2. The van der Waals surface area contributed by atoms with Crippen molar-refractivity contribution in [2.45, 2.75) is 20.4 Å². The molecule has 1 saturated heterocycles. The highest BCUT2D eigenvalue weighted by molar-refractivity contribution is 8.26. The zero-order valence-electron chi connectivity index (χ0n) is 18.9. The van der Waals surface area contributed by atoms with Gasteiger partial charge in [-0.3, -0.25) is 14.5 Å². The van der Waals surface area contributed by atoms with Crippen molar-refractivity contribution >= 4 is 51.9 Å². The number of benzene rings is 3. The fraction of sp³-hybridized carbons (Fsp3) is 0.148. The molecule has 1 aliphatic rings. The van der Waals surface area contributed by atoms with Gasteiger partial charge in [-0.05, 0) is 54.8 Å². The van der Waals surface area contributed by atoms with Gasteiger partial charge in [0.2, 0.25) is 0 Å². The average molecular weight is 489 g/mol.